The van der Waals surface area contributed by atoms with Crippen LogP contribution in [0.2, 0.25) is 0 Å². The molecule has 1 N–H and O–H groups in total. The fourth-order valence-electron chi connectivity index (χ4n) is 2.04. The average Bonchev–Trinajstić information content (AvgIpc) is 2.35. The van der Waals surface area contributed by atoms with Crippen LogP contribution in [0.4, 0.5) is 0 Å². The van der Waals surface area contributed by atoms with E-state index in [0.717, 1.165) is 19.3 Å². The van der Waals surface area contributed by atoms with Crippen molar-refractivity contribution in [3.8, 4) is 0 Å². The zero-order valence-corrected chi connectivity index (χ0v) is 11.9. The lowest BCUT2D eigenvalue weighted by atomic mass is 10.1. The molecule has 0 unspecified atom stereocenters. The van der Waals surface area contributed by atoms with Crippen LogP contribution in [0.5, 0.6) is 0 Å². The van der Waals surface area contributed by atoms with Crippen molar-refractivity contribution in [2.75, 3.05) is 0 Å². The van der Waals surface area contributed by atoms with E-state index >= 15 is 0 Å². The number of hydrogen-bond donors (Lipinski definition) is 1. The van der Waals surface area contributed by atoms with Crippen molar-refractivity contribution < 1.29 is 13.5 Å². The second-order valence-electron chi connectivity index (χ2n) is 4.63. The summed E-state index contributed by atoms with van der Waals surface area (Å²) < 4.78 is 24.8. The first-order valence-corrected chi connectivity index (χ1v) is 8.01. The van der Waals surface area contributed by atoms with Gasteiger partial charge >= 0.3 is 0 Å². The van der Waals surface area contributed by atoms with Gasteiger partial charge in [0.2, 0.25) is 0 Å². The summed E-state index contributed by atoms with van der Waals surface area (Å²) in [6.45, 7) is 3.63. The standard InChI is InChI=1S/C14H22O3S/c1-3-4-6-11-14(12(2)15)18(16,17)13-9-7-5-8-10-13/h5,7-10,12,14-15H,3-4,6,11H2,1-2H3/t12-,14-/m0/s1. The van der Waals surface area contributed by atoms with Crippen LogP contribution in [0.3, 0.4) is 0 Å². The Hall–Kier alpha value is -0.870. The van der Waals surface area contributed by atoms with Gasteiger partial charge in [-0.05, 0) is 25.5 Å². The van der Waals surface area contributed by atoms with Gasteiger partial charge in [-0.2, -0.15) is 0 Å². The highest BCUT2D eigenvalue weighted by molar-refractivity contribution is 7.92. The monoisotopic (exact) mass is 270 g/mol. The molecular formula is C14H22O3S. The molecule has 0 aliphatic carbocycles. The van der Waals surface area contributed by atoms with E-state index in [2.05, 4.69) is 6.92 Å². The van der Waals surface area contributed by atoms with Crippen LogP contribution in [0, 0.1) is 0 Å². The van der Waals surface area contributed by atoms with Crippen LogP contribution < -0.4 is 0 Å². The molecule has 0 fully saturated rings. The quantitative estimate of drug-likeness (QED) is 0.775. The van der Waals surface area contributed by atoms with E-state index in [1.807, 2.05) is 0 Å². The molecule has 4 heteroatoms. The Balaban J connectivity index is 2.91. The van der Waals surface area contributed by atoms with E-state index in [1.54, 1.807) is 37.3 Å². The van der Waals surface area contributed by atoms with Gasteiger partial charge in [0.25, 0.3) is 0 Å². The van der Waals surface area contributed by atoms with Crippen molar-refractivity contribution in [2.45, 2.75) is 55.8 Å². The summed E-state index contributed by atoms with van der Waals surface area (Å²) in [7, 11) is -3.43. The summed E-state index contributed by atoms with van der Waals surface area (Å²) in [6, 6.07) is 8.37. The van der Waals surface area contributed by atoms with Crippen molar-refractivity contribution >= 4 is 9.84 Å². The lowest BCUT2D eigenvalue weighted by Gasteiger charge is -2.20. The van der Waals surface area contributed by atoms with Gasteiger partial charge in [0, 0.05) is 0 Å². The van der Waals surface area contributed by atoms with E-state index in [4.69, 9.17) is 0 Å². The number of benzene rings is 1. The number of rotatable bonds is 7. The molecule has 0 aromatic heterocycles. The topological polar surface area (TPSA) is 54.4 Å². The molecule has 0 bridgehead atoms. The van der Waals surface area contributed by atoms with Gasteiger partial charge in [0.05, 0.1) is 16.2 Å². The fraction of sp³-hybridized carbons (Fsp3) is 0.571. The van der Waals surface area contributed by atoms with Crippen LogP contribution >= 0.6 is 0 Å². The maximum absolute atomic E-state index is 12.4. The minimum Gasteiger partial charge on any atom is -0.392 e. The van der Waals surface area contributed by atoms with E-state index in [1.165, 1.54) is 0 Å². The number of aliphatic hydroxyl groups excluding tert-OH is 1. The third kappa shape index (κ3) is 3.82. The summed E-state index contributed by atoms with van der Waals surface area (Å²) in [5.74, 6) is 0. The van der Waals surface area contributed by atoms with E-state index in [-0.39, 0.29) is 0 Å². The first kappa shape index (κ1) is 15.2. The third-order valence-electron chi connectivity index (χ3n) is 3.10. The third-order valence-corrected chi connectivity index (χ3v) is 5.46. The Morgan fingerprint density at radius 1 is 1.17 bits per heavy atom. The van der Waals surface area contributed by atoms with Gasteiger partial charge in [-0.3, -0.25) is 0 Å². The minimum absolute atomic E-state index is 0.299. The maximum atomic E-state index is 12.4. The molecule has 0 aliphatic heterocycles. The molecule has 3 nitrogen and oxygen atoms in total. The van der Waals surface area contributed by atoms with Gasteiger partial charge in [-0.25, -0.2) is 8.42 Å². The van der Waals surface area contributed by atoms with E-state index in [0.29, 0.717) is 11.3 Å². The van der Waals surface area contributed by atoms with Crippen molar-refractivity contribution in [1.82, 2.24) is 0 Å². The lowest BCUT2D eigenvalue weighted by molar-refractivity contribution is 0.182. The summed E-state index contributed by atoms with van der Waals surface area (Å²) in [6.07, 6.45) is 2.54. The normalized spacial score (nSPS) is 15.3. The van der Waals surface area contributed by atoms with Crippen LogP contribution in [-0.2, 0) is 9.84 Å². The first-order valence-electron chi connectivity index (χ1n) is 6.47. The fourth-order valence-corrected chi connectivity index (χ4v) is 3.92. The largest absolute Gasteiger partial charge is 0.392 e. The zero-order valence-electron chi connectivity index (χ0n) is 11.0. The number of sulfone groups is 1. The SMILES string of the molecule is CCCCC[C@@H]([C@H](C)O)S(=O)(=O)c1ccccc1. The molecule has 1 rings (SSSR count). The summed E-state index contributed by atoms with van der Waals surface area (Å²) in [4.78, 5) is 0.299. The molecule has 1 aromatic rings. The second-order valence-corrected chi connectivity index (χ2v) is 6.80. The zero-order chi connectivity index (χ0) is 13.6. The maximum Gasteiger partial charge on any atom is 0.183 e. The van der Waals surface area contributed by atoms with Crippen molar-refractivity contribution in [1.29, 1.82) is 0 Å². The van der Waals surface area contributed by atoms with Crippen LogP contribution in [0.25, 0.3) is 0 Å². The van der Waals surface area contributed by atoms with Gasteiger partial charge in [-0.15, -0.1) is 0 Å². The summed E-state index contributed by atoms with van der Waals surface area (Å²) in [5, 5.41) is 9.03. The molecule has 2 atom stereocenters. The number of unbranched alkanes of at least 4 members (excludes halogenated alkanes) is 2. The van der Waals surface area contributed by atoms with Gasteiger partial charge in [0.15, 0.2) is 9.84 Å². The van der Waals surface area contributed by atoms with Gasteiger partial charge in [0.1, 0.15) is 0 Å². The molecule has 102 valence electrons. The molecule has 0 heterocycles. The molecule has 0 aliphatic rings. The Kier molecular flexibility index (Phi) is 5.82. The molecule has 0 spiro atoms. The Labute approximate surface area is 110 Å². The number of hydrogen-bond acceptors (Lipinski definition) is 3. The van der Waals surface area contributed by atoms with Crippen LogP contribution in [0.15, 0.2) is 35.2 Å². The van der Waals surface area contributed by atoms with Crippen molar-refractivity contribution in [2.24, 2.45) is 0 Å². The Morgan fingerprint density at radius 3 is 2.28 bits per heavy atom. The highest BCUT2D eigenvalue weighted by Gasteiger charge is 2.30. The second kappa shape index (κ2) is 6.90. The first-order chi connectivity index (χ1) is 8.50. The average molecular weight is 270 g/mol. The van der Waals surface area contributed by atoms with E-state index in [9.17, 15) is 13.5 Å². The van der Waals surface area contributed by atoms with Crippen molar-refractivity contribution in [3.05, 3.63) is 30.3 Å². The molecule has 18 heavy (non-hydrogen) atoms. The Morgan fingerprint density at radius 2 is 1.78 bits per heavy atom. The predicted octanol–water partition coefficient (Wildman–Crippen LogP) is 2.79. The highest BCUT2D eigenvalue weighted by Crippen LogP contribution is 2.22. The van der Waals surface area contributed by atoms with Gasteiger partial charge in [-0.1, -0.05) is 44.4 Å². The molecule has 0 amide bonds. The smallest absolute Gasteiger partial charge is 0.183 e. The van der Waals surface area contributed by atoms with E-state index < -0.39 is 21.2 Å². The minimum atomic E-state index is -3.43. The molecule has 0 saturated carbocycles. The molecule has 0 saturated heterocycles. The molecule has 1 aromatic carbocycles. The number of aliphatic hydroxyl groups is 1. The molecular weight excluding hydrogens is 248 g/mol. The summed E-state index contributed by atoms with van der Waals surface area (Å²) in [5.41, 5.74) is 0. The van der Waals surface area contributed by atoms with Gasteiger partial charge < -0.3 is 5.11 Å². The highest BCUT2D eigenvalue weighted by atomic mass is 32.2. The lowest BCUT2D eigenvalue weighted by Crippen LogP contribution is -2.32. The summed E-state index contributed by atoms with van der Waals surface area (Å²) >= 11 is 0. The van der Waals surface area contributed by atoms with Crippen LogP contribution in [0.1, 0.15) is 39.5 Å². The van der Waals surface area contributed by atoms with Crippen LogP contribution in [-0.4, -0.2) is 24.9 Å². The molecule has 0 radical (unpaired) electrons. The Bertz CT molecular complexity index is 437. The predicted molar refractivity (Wildman–Crippen MR) is 73.2 cm³/mol. The van der Waals surface area contributed by atoms with Crippen molar-refractivity contribution in [3.63, 3.8) is 0 Å².